The minimum atomic E-state index is -0.123. The topological polar surface area (TPSA) is 93.1 Å². The zero-order valence-electron chi connectivity index (χ0n) is 31.2. The van der Waals surface area contributed by atoms with Crippen molar-refractivity contribution in [3.63, 3.8) is 0 Å². The molecular formula is C41H78O6. The first-order chi connectivity index (χ1) is 23.1. The highest BCUT2D eigenvalue weighted by Gasteiger charge is 2.37. The zero-order valence-corrected chi connectivity index (χ0v) is 31.2. The molecule has 0 amide bonds. The van der Waals surface area contributed by atoms with E-state index in [-0.39, 0.29) is 25.2 Å². The lowest BCUT2D eigenvalue weighted by Crippen LogP contribution is -2.35. The highest BCUT2D eigenvalue weighted by Crippen LogP contribution is 2.47. The smallest absolute Gasteiger partial charge is 0.305 e. The van der Waals surface area contributed by atoms with E-state index in [1.165, 1.54) is 135 Å². The van der Waals surface area contributed by atoms with E-state index in [1.54, 1.807) is 0 Å². The molecule has 1 rings (SSSR count). The fourth-order valence-corrected chi connectivity index (χ4v) is 8.02. The Bertz CT molecular complexity index is 712. The third kappa shape index (κ3) is 23.8. The first-order valence-electron chi connectivity index (χ1n) is 20.6. The van der Waals surface area contributed by atoms with Crippen molar-refractivity contribution in [2.24, 2.45) is 23.7 Å². The molecule has 1 aliphatic rings. The first kappa shape index (κ1) is 43.9. The molecule has 0 heterocycles. The van der Waals surface area contributed by atoms with Crippen molar-refractivity contribution in [1.82, 2.24) is 0 Å². The van der Waals surface area contributed by atoms with E-state index in [1.807, 2.05) is 0 Å². The Morgan fingerprint density at radius 2 is 0.809 bits per heavy atom. The van der Waals surface area contributed by atoms with Gasteiger partial charge in [-0.05, 0) is 62.2 Å². The predicted octanol–water partition coefficient (Wildman–Crippen LogP) is 10.9. The fourth-order valence-electron chi connectivity index (χ4n) is 8.02. The molecule has 0 aromatic carbocycles. The first-order valence-corrected chi connectivity index (χ1v) is 20.6. The van der Waals surface area contributed by atoms with Gasteiger partial charge in [-0.15, -0.1) is 0 Å². The summed E-state index contributed by atoms with van der Waals surface area (Å²) in [5.41, 5.74) is 0. The van der Waals surface area contributed by atoms with Crippen LogP contribution in [0.5, 0.6) is 0 Å². The number of carbonyl (C=O) groups is 2. The van der Waals surface area contributed by atoms with Gasteiger partial charge in [-0.2, -0.15) is 0 Å². The number of ether oxygens (including phenoxy) is 2. The van der Waals surface area contributed by atoms with Crippen LogP contribution in [0.3, 0.4) is 0 Å². The summed E-state index contributed by atoms with van der Waals surface area (Å²) in [5.74, 6) is 3.27. The molecule has 0 radical (unpaired) electrons. The second-order valence-corrected chi connectivity index (χ2v) is 14.7. The van der Waals surface area contributed by atoms with Crippen LogP contribution >= 0.6 is 0 Å². The molecule has 0 saturated heterocycles. The molecule has 0 aromatic rings. The maximum Gasteiger partial charge on any atom is 0.305 e. The largest absolute Gasteiger partial charge is 0.466 e. The summed E-state index contributed by atoms with van der Waals surface area (Å²) in [5, 5.41) is 17.7. The van der Waals surface area contributed by atoms with Crippen LogP contribution in [0.1, 0.15) is 200 Å². The van der Waals surface area contributed by atoms with Gasteiger partial charge in [0.1, 0.15) is 0 Å². The van der Waals surface area contributed by atoms with Crippen molar-refractivity contribution in [2.75, 3.05) is 26.4 Å². The van der Waals surface area contributed by atoms with E-state index in [2.05, 4.69) is 13.8 Å². The van der Waals surface area contributed by atoms with Gasteiger partial charge < -0.3 is 19.7 Å². The molecule has 278 valence electrons. The highest BCUT2D eigenvalue weighted by atomic mass is 16.5. The zero-order chi connectivity index (χ0) is 34.2. The summed E-state index contributed by atoms with van der Waals surface area (Å²) in [4.78, 5) is 23.8. The van der Waals surface area contributed by atoms with E-state index in [0.717, 1.165) is 49.4 Å². The molecule has 6 heteroatoms. The maximum atomic E-state index is 12.0. The number of hydrogen-bond acceptors (Lipinski definition) is 6. The van der Waals surface area contributed by atoms with Gasteiger partial charge in [0.2, 0.25) is 0 Å². The van der Waals surface area contributed by atoms with Crippen LogP contribution in [0.4, 0.5) is 0 Å². The molecule has 0 bridgehead atoms. The van der Waals surface area contributed by atoms with Crippen molar-refractivity contribution in [2.45, 2.75) is 200 Å². The van der Waals surface area contributed by atoms with Crippen LogP contribution in [0.2, 0.25) is 0 Å². The monoisotopic (exact) mass is 667 g/mol. The van der Waals surface area contributed by atoms with E-state index in [9.17, 15) is 9.59 Å². The van der Waals surface area contributed by atoms with Crippen LogP contribution in [-0.2, 0) is 19.1 Å². The van der Waals surface area contributed by atoms with Crippen LogP contribution in [-0.4, -0.2) is 48.6 Å². The molecule has 0 aromatic heterocycles. The Kier molecular flexibility index (Phi) is 30.0. The van der Waals surface area contributed by atoms with E-state index in [0.29, 0.717) is 38.9 Å². The minimum absolute atomic E-state index is 0.0693. The lowest BCUT2D eigenvalue weighted by atomic mass is 9.61. The molecule has 1 fully saturated rings. The van der Waals surface area contributed by atoms with Gasteiger partial charge in [0.25, 0.3) is 0 Å². The Hall–Kier alpha value is -1.14. The predicted molar refractivity (Wildman–Crippen MR) is 195 cm³/mol. The summed E-state index contributed by atoms with van der Waals surface area (Å²) >= 11 is 0. The third-order valence-corrected chi connectivity index (χ3v) is 10.7. The molecule has 1 aliphatic carbocycles. The van der Waals surface area contributed by atoms with Crippen LogP contribution in [0.15, 0.2) is 0 Å². The summed E-state index contributed by atoms with van der Waals surface area (Å²) in [6, 6.07) is 0. The van der Waals surface area contributed by atoms with Gasteiger partial charge in [-0.25, -0.2) is 0 Å². The van der Waals surface area contributed by atoms with Crippen molar-refractivity contribution < 1.29 is 29.3 Å². The molecule has 0 spiro atoms. The van der Waals surface area contributed by atoms with Crippen LogP contribution in [0.25, 0.3) is 0 Å². The Morgan fingerprint density at radius 3 is 1.21 bits per heavy atom. The van der Waals surface area contributed by atoms with Crippen molar-refractivity contribution in [3.8, 4) is 0 Å². The minimum Gasteiger partial charge on any atom is -0.466 e. The normalized spacial score (nSPS) is 19.6. The second kappa shape index (κ2) is 32.1. The third-order valence-electron chi connectivity index (χ3n) is 10.7. The van der Waals surface area contributed by atoms with Crippen LogP contribution in [0, 0.1) is 23.7 Å². The molecular weight excluding hydrogens is 588 g/mol. The van der Waals surface area contributed by atoms with Gasteiger partial charge in [-0.3, -0.25) is 9.59 Å². The van der Waals surface area contributed by atoms with Gasteiger partial charge >= 0.3 is 11.9 Å². The Morgan fingerprint density at radius 1 is 0.468 bits per heavy atom. The summed E-state index contributed by atoms with van der Waals surface area (Å²) < 4.78 is 10.4. The molecule has 2 N–H and O–H groups in total. The van der Waals surface area contributed by atoms with Gasteiger partial charge in [0, 0.05) is 38.9 Å². The average Bonchev–Trinajstić information content (AvgIpc) is 3.07. The maximum absolute atomic E-state index is 12.0. The number of hydrogen-bond donors (Lipinski definition) is 2. The van der Waals surface area contributed by atoms with E-state index in [4.69, 9.17) is 19.7 Å². The summed E-state index contributed by atoms with van der Waals surface area (Å²) in [7, 11) is 0. The molecule has 6 nitrogen and oxygen atoms in total. The average molecular weight is 667 g/mol. The number of aliphatic hydroxyl groups excluding tert-OH is 2. The SMILES string of the molecule is CCCCCCCCC1C(CCCCCC)CCC(CCCCCCCC(=O)OCCCO)C1CCCCCCC(=O)OCCCO. The number of rotatable bonds is 33. The molecule has 1 saturated carbocycles. The van der Waals surface area contributed by atoms with Crippen molar-refractivity contribution >= 4 is 11.9 Å². The van der Waals surface area contributed by atoms with E-state index >= 15 is 0 Å². The molecule has 4 unspecified atom stereocenters. The molecule has 0 aliphatic heterocycles. The number of esters is 2. The second-order valence-electron chi connectivity index (χ2n) is 14.7. The van der Waals surface area contributed by atoms with Crippen molar-refractivity contribution in [1.29, 1.82) is 0 Å². The highest BCUT2D eigenvalue weighted by molar-refractivity contribution is 5.69. The standard InChI is InChI=1S/C41H78O6/c1-3-5-7-9-12-18-26-38-36(24-16-8-6-4-2)30-31-37(25-17-11-10-13-20-28-40(44)46-34-22-32-42)39(38)27-19-14-15-21-29-41(45)47-35-23-33-43/h36-39,42-43H,3-35H2,1-2H3. The quantitative estimate of drug-likeness (QED) is 0.0535. The molecule has 47 heavy (non-hydrogen) atoms. The number of carbonyl (C=O) groups excluding carboxylic acids is 2. The lowest BCUT2D eigenvalue weighted by Gasteiger charge is -2.44. The van der Waals surface area contributed by atoms with Crippen LogP contribution < -0.4 is 0 Å². The summed E-state index contributed by atoms with van der Waals surface area (Å²) in [6.07, 6.45) is 34.6. The Labute approximate surface area is 290 Å². The van der Waals surface area contributed by atoms with E-state index < -0.39 is 0 Å². The van der Waals surface area contributed by atoms with Gasteiger partial charge in [0.15, 0.2) is 0 Å². The fraction of sp³-hybridized carbons (Fsp3) is 0.951. The number of aliphatic hydroxyl groups is 2. The summed E-state index contributed by atoms with van der Waals surface area (Å²) in [6.45, 7) is 5.42. The number of unbranched alkanes of at least 4 members (excludes halogenated alkanes) is 15. The van der Waals surface area contributed by atoms with Crippen molar-refractivity contribution in [3.05, 3.63) is 0 Å². The van der Waals surface area contributed by atoms with Gasteiger partial charge in [-0.1, -0.05) is 136 Å². The molecule has 4 atom stereocenters. The lowest BCUT2D eigenvalue weighted by molar-refractivity contribution is -0.145. The Balaban J connectivity index is 2.67. The van der Waals surface area contributed by atoms with Gasteiger partial charge in [0.05, 0.1) is 13.2 Å².